The first-order valence-electron chi connectivity index (χ1n) is 12.3. The van der Waals surface area contributed by atoms with Crippen LogP contribution in [0, 0.1) is 17.8 Å². The number of carboxylic acid groups (broad SMARTS) is 2. The number of carbonyl (C=O) groups is 6. The molecule has 6 atom stereocenters. The summed E-state index contributed by atoms with van der Waals surface area (Å²) < 4.78 is 37.9. The van der Waals surface area contributed by atoms with E-state index >= 15 is 0 Å². The summed E-state index contributed by atoms with van der Waals surface area (Å²) in [6.07, 6.45) is 4.71. The summed E-state index contributed by atoms with van der Waals surface area (Å²) in [5.41, 5.74) is 19.2. The molecule has 0 saturated heterocycles. The van der Waals surface area contributed by atoms with Crippen LogP contribution in [0.1, 0.15) is 53.4 Å². The number of hydrogen-bond acceptors (Lipinski definition) is 12. The molecule has 12 N–H and O–H groups in total. The maximum atomic E-state index is 10.7. The van der Waals surface area contributed by atoms with E-state index in [4.69, 9.17) is 21.1 Å². The van der Waals surface area contributed by atoms with Gasteiger partial charge in [-0.15, -0.1) is 0 Å². The third-order valence-electron chi connectivity index (χ3n) is 4.50. The number of nitrogens with two attached hydrogens (primary N) is 4. The van der Waals surface area contributed by atoms with Crippen molar-refractivity contribution in [3.8, 4) is 0 Å². The van der Waals surface area contributed by atoms with Gasteiger partial charge in [-0.2, -0.15) is 0 Å². The predicted octanol–water partition coefficient (Wildman–Crippen LogP) is -13.0. The maximum absolute atomic E-state index is 10.7. The van der Waals surface area contributed by atoms with Gasteiger partial charge in [-0.05, 0) is 43.8 Å². The van der Waals surface area contributed by atoms with Crippen molar-refractivity contribution in [3.63, 3.8) is 0 Å². The van der Waals surface area contributed by atoms with Gasteiger partial charge in [-0.1, -0.05) is 65.1 Å². The third kappa shape index (κ3) is 81.8. The molecule has 0 aliphatic heterocycles. The summed E-state index contributed by atoms with van der Waals surface area (Å²) in [6, 6.07) is 0. The van der Waals surface area contributed by atoms with Crippen LogP contribution in [0.3, 0.4) is 0 Å². The van der Waals surface area contributed by atoms with Gasteiger partial charge in [0, 0.05) is 34.5 Å². The van der Waals surface area contributed by atoms with Gasteiger partial charge in [-0.3, -0.25) is 23.4 Å². The van der Waals surface area contributed by atoms with Crippen molar-refractivity contribution in [3.05, 3.63) is 50.0 Å². The quantitative estimate of drug-likeness (QED) is 0.0540. The zero-order valence-electron chi connectivity index (χ0n) is 30.3. The molecule has 0 spiro atoms. The van der Waals surface area contributed by atoms with E-state index in [1.807, 2.05) is 6.92 Å². The second-order valence-corrected chi connectivity index (χ2v) is 10.2. The number of amides is 4. The van der Waals surface area contributed by atoms with Crippen LogP contribution in [0.2, 0.25) is 0 Å². The second-order valence-electron chi connectivity index (χ2n) is 7.98. The fourth-order valence-electron chi connectivity index (χ4n) is 1.97. The predicted molar refractivity (Wildman–Crippen MR) is 169 cm³/mol. The smallest absolute Gasteiger partial charge is 0.870 e. The Bertz CT molecular complexity index is 886. The Balaban J connectivity index is -0.0000000355. The summed E-state index contributed by atoms with van der Waals surface area (Å²) in [5.74, 6) is -5.21. The average Bonchev–Trinajstić information content (AvgIpc) is 2.95. The molecular formula is C26H48N4Na4O14S2. The van der Waals surface area contributed by atoms with Crippen LogP contribution in [0.4, 0.5) is 0 Å². The van der Waals surface area contributed by atoms with E-state index in [2.05, 4.69) is 37.8 Å². The largest absolute Gasteiger partial charge is 1.00 e. The van der Waals surface area contributed by atoms with E-state index in [1.165, 1.54) is 6.92 Å². The van der Waals surface area contributed by atoms with Gasteiger partial charge in [0.2, 0.25) is 23.6 Å². The normalized spacial score (nSPS) is 11.3. The van der Waals surface area contributed by atoms with Crippen LogP contribution >= 0.6 is 0 Å². The minimum atomic E-state index is -2.11. The van der Waals surface area contributed by atoms with E-state index in [9.17, 15) is 46.8 Å². The molecule has 0 aromatic carbocycles. The molecule has 272 valence electrons. The van der Waals surface area contributed by atoms with Crippen LogP contribution in [0.5, 0.6) is 0 Å². The summed E-state index contributed by atoms with van der Waals surface area (Å²) >= 11 is -3.92. The van der Waals surface area contributed by atoms with Crippen molar-refractivity contribution >= 4 is 57.7 Å². The van der Waals surface area contributed by atoms with Gasteiger partial charge < -0.3 is 58.0 Å². The van der Waals surface area contributed by atoms with Crippen molar-refractivity contribution in [2.45, 2.75) is 58.6 Å². The van der Waals surface area contributed by atoms with E-state index in [0.29, 0.717) is 19.3 Å². The molecule has 0 radical (unpaired) electrons. The maximum Gasteiger partial charge on any atom is 1.00 e. The Morgan fingerprint density at radius 3 is 1.08 bits per heavy atom. The second kappa shape index (κ2) is 58.2. The van der Waals surface area contributed by atoms with Crippen molar-refractivity contribution in [1.82, 2.24) is 0 Å². The topological polar surface area (TPSA) is 387 Å². The van der Waals surface area contributed by atoms with Gasteiger partial charge in [0.15, 0.2) is 11.1 Å². The summed E-state index contributed by atoms with van der Waals surface area (Å²) in [7, 11) is 0. The fraction of sp³-hybridized carbons (Fsp3) is 0.462. The standard InChI is InChI=1S/C8H15NO3.C7H15NO3S.2C3H5NO.C3H4O2.C2H4O2S.4Na.2H2O/c1-3-6(7(9)10)4-5(2)8(11)12;1-3-6(7(8)9)4-5(2)12(10)11;3*1-2-3(4)5;1-2-5(3)4;;;;;;/h5-6H,3-4H2,1-2H3,(H2,9,10)(H,11,12);5-6H,3-4H2,1-2H3,(H2,8,9)(H,10,11);2*2H,1H2,(H2,4,5);2H,1H2,(H,4,5);2H,1H2,(H,3,4);;;;;2*1H2/q;;;;;;4*+1;;/p-4. The summed E-state index contributed by atoms with van der Waals surface area (Å²) in [6.45, 7) is 18.8. The van der Waals surface area contributed by atoms with Crippen LogP contribution in [0.15, 0.2) is 50.0 Å². The molecule has 0 fully saturated rings. The number of rotatable bonds is 14. The Morgan fingerprint density at radius 2 is 0.960 bits per heavy atom. The number of primary amides is 4. The van der Waals surface area contributed by atoms with Crippen molar-refractivity contribution < 1.29 is 186 Å². The zero-order valence-corrected chi connectivity index (χ0v) is 39.9. The Labute approximate surface area is 387 Å². The van der Waals surface area contributed by atoms with Gasteiger partial charge >= 0.3 is 124 Å². The monoisotopic (exact) mass is 796 g/mol. The van der Waals surface area contributed by atoms with Crippen molar-refractivity contribution in [1.29, 1.82) is 0 Å². The number of carbonyl (C=O) groups excluding carboxylic acids is 5. The van der Waals surface area contributed by atoms with Crippen molar-refractivity contribution in [2.24, 2.45) is 40.7 Å². The molecule has 50 heavy (non-hydrogen) atoms. The number of carboxylic acids is 2. The van der Waals surface area contributed by atoms with Gasteiger partial charge in [0.05, 0.1) is 0 Å². The third-order valence-corrected chi connectivity index (χ3v) is 5.63. The summed E-state index contributed by atoms with van der Waals surface area (Å²) in [4.78, 5) is 59.9. The van der Waals surface area contributed by atoms with E-state index < -0.39 is 68.9 Å². The van der Waals surface area contributed by atoms with E-state index in [-0.39, 0.29) is 147 Å². The molecule has 4 amide bonds. The molecule has 0 aromatic rings. The van der Waals surface area contributed by atoms with Gasteiger partial charge in [0.25, 0.3) is 0 Å². The van der Waals surface area contributed by atoms with Crippen LogP contribution in [0.25, 0.3) is 0 Å². The number of aliphatic carboxylic acids is 2. The number of hydrogen-bond donors (Lipinski definition) is 6. The van der Waals surface area contributed by atoms with Crippen LogP contribution in [-0.4, -0.2) is 74.4 Å². The Morgan fingerprint density at radius 1 is 0.720 bits per heavy atom. The molecule has 0 aromatic heterocycles. The first-order chi connectivity index (χ1) is 20.1. The molecular weight excluding hydrogens is 748 g/mol. The van der Waals surface area contributed by atoms with Crippen LogP contribution < -0.4 is 146 Å². The zero-order chi connectivity index (χ0) is 36.6. The minimum absolute atomic E-state index is 0. The first kappa shape index (κ1) is 83.1. The van der Waals surface area contributed by atoms with E-state index in [0.717, 1.165) is 23.6 Å². The molecule has 0 aliphatic rings. The molecule has 24 heteroatoms. The first-order valence-corrected chi connectivity index (χ1v) is 14.7. The molecule has 0 aliphatic carbocycles. The molecule has 0 heterocycles. The molecule has 0 bridgehead atoms. The van der Waals surface area contributed by atoms with Gasteiger partial charge in [-0.25, -0.2) is 9.00 Å². The van der Waals surface area contributed by atoms with Crippen molar-refractivity contribution in [2.75, 3.05) is 0 Å². The summed E-state index contributed by atoms with van der Waals surface area (Å²) in [5, 5.41) is 18.4. The van der Waals surface area contributed by atoms with E-state index in [1.54, 1.807) is 13.8 Å². The Hall–Kier alpha value is -0.0800. The fourth-order valence-corrected chi connectivity index (χ4v) is 2.36. The average molecular weight is 797 g/mol. The van der Waals surface area contributed by atoms with Crippen LogP contribution in [-0.2, 0) is 50.9 Å². The molecule has 0 rings (SSSR count). The SMILES string of the molecule is C=CC(=O)O.C=CC(N)=O.C=CC(N)=O.C=CS(=O)O.CCC(CC(C)C(=O)[O-])C(N)=O.CCC(CC(C)S(=O)[O-])C(N)=O.[Na+].[Na+].[Na+].[Na+].[OH-].[OH-]. The molecule has 6 unspecified atom stereocenters. The molecule has 18 nitrogen and oxygen atoms in total. The Kier molecular flexibility index (Phi) is 96.8. The van der Waals surface area contributed by atoms with Gasteiger partial charge in [0.1, 0.15) is 0 Å². The minimum Gasteiger partial charge on any atom is -0.870 e. The molecule has 0 saturated carbocycles.